The fourth-order valence-electron chi connectivity index (χ4n) is 1.70. The maximum atomic E-state index is 5.62. The first-order valence-electron chi connectivity index (χ1n) is 3.71. The lowest BCUT2D eigenvalue weighted by molar-refractivity contribution is -0.206. The normalized spacial score (nSPS) is 33.0. The molecule has 9 heavy (non-hydrogen) atoms. The molecular weight excluding hydrogens is 114 g/mol. The van der Waals surface area contributed by atoms with Crippen molar-refractivity contribution in [2.45, 2.75) is 31.3 Å². The summed E-state index contributed by atoms with van der Waals surface area (Å²) in [6, 6.07) is 0. The number of hydrogen-bond donors (Lipinski definition) is 0. The van der Waals surface area contributed by atoms with Crippen molar-refractivity contribution in [3.05, 3.63) is 0 Å². The van der Waals surface area contributed by atoms with Crippen LogP contribution in [0.4, 0.5) is 0 Å². The summed E-state index contributed by atoms with van der Waals surface area (Å²) in [6.07, 6.45) is 5.20. The predicted octanol–water partition coefficient (Wildman–Crippen LogP) is 1.18. The van der Waals surface area contributed by atoms with Gasteiger partial charge in [-0.25, -0.2) is 0 Å². The molecule has 0 aromatic heterocycles. The maximum Gasteiger partial charge on any atom is 0.0912 e. The van der Waals surface area contributed by atoms with Crippen LogP contribution in [0.5, 0.6) is 0 Å². The molecule has 1 aliphatic carbocycles. The van der Waals surface area contributed by atoms with Crippen molar-refractivity contribution >= 4 is 0 Å². The summed E-state index contributed by atoms with van der Waals surface area (Å²) < 4.78 is 0. The fourth-order valence-corrected chi connectivity index (χ4v) is 1.70. The molecule has 0 aromatic rings. The van der Waals surface area contributed by atoms with Gasteiger partial charge in [0.15, 0.2) is 0 Å². The van der Waals surface area contributed by atoms with E-state index >= 15 is 0 Å². The standard InChI is InChI=1S/C7H13NO/c1-8-6-5-7(9-8)3-2-4-7/h2-6H2,1H3. The van der Waals surface area contributed by atoms with E-state index in [4.69, 9.17) is 4.84 Å². The third kappa shape index (κ3) is 0.775. The Balaban J connectivity index is 1.99. The molecule has 0 radical (unpaired) electrons. The highest BCUT2D eigenvalue weighted by Gasteiger charge is 2.43. The summed E-state index contributed by atoms with van der Waals surface area (Å²) in [6.45, 7) is 1.12. The molecule has 1 heterocycles. The van der Waals surface area contributed by atoms with Crippen LogP contribution in [0, 0.1) is 0 Å². The Morgan fingerprint density at radius 2 is 2.11 bits per heavy atom. The number of hydroxylamine groups is 2. The average molecular weight is 127 g/mol. The molecule has 52 valence electrons. The van der Waals surface area contributed by atoms with Crippen LogP contribution >= 0.6 is 0 Å². The molecule has 2 rings (SSSR count). The Kier molecular flexibility index (Phi) is 1.08. The van der Waals surface area contributed by atoms with Crippen molar-refractivity contribution < 1.29 is 4.84 Å². The van der Waals surface area contributed by atoms with Gasteiger partial charge in [-0.05, 0) is 25.7 Å². The molecule has 2 nitrogen and oxygen atoms in total. The zero-order chi connectivity index (χ0) is 6.32. The summed E-state index contributed by atoms with van der Waals surface area (Å²) in [5, 5.41) is 1.97. The van der Waals surface area contributed by atoms with E-state index in [-0.39, 0.29) is 0 Å². The highest BCUT2D eigenvalue weighted by Crippen LogP contribution is 2.42. The Hall–Kier alpha value is -0.0800. The van der Waals surface area contributed by atoms with E-state index in [2.05, 4.69) is 0 Å². The summed E-state index contributed by atoms with van der Waals surface area (Å²) in [5.41, 5.74) is 0.314. The average Bonchev–Trinajstić information content (AvgIpc) is 2.09. The van der Waals surface area contributed by atoms with Gasteiger partial charge in [0.05, 0.1) is 5.60 Å². The third-order valence-corrected chi connectivity index (χ3v) is 2.50. The van der Waals surface area contributed by atoms with E-state index in [1.54, 1.807) is 0 Å². The van der Waals surface area contributed by atoms with E-state index in [0.29, 0.717) is 5.60 Å². The lowest BCUT2D eigenvalue weighted by Crippen LogP contribution is -2.37. The molecule has 0 aromatic carbocycles. The summed E-state index contributed by atoms with van der Waals surface area (Å²) in [5.74, 6) is 0. The molecule has 2 fully saturated rings. The van der Waals surface area contributed by atoms with Gasteiger partial charge in [0.1, 0.15) is 0 Å². The van der Waals surface area contributed by atoms with Crippen LogP contribution in [-0.4, -0.2) is 24.3 Å². The van der Waals surface area contributed by atoms with Gasteiger partial charge in [-0.3, -0.25) is 4.84 Å². The van der Waals surface area contributed by atoms with E-state index < -0.39 is 0 Å². The molecule has 2 aliphatic rings. The van der Waals surface area contributed by atoms with Crippen LogP contribution in [0.3, 0.4) is 0 Å². The SMILES string of the molecule is CN1CCC2(CCC2)O1. The van der Waals surface area contributed by atoms with Crippen LogP contribution in [0.1, 0.15) is 25.7 Å². The van der Waals surface area contributed by atoms with Crippen LogP contribution < -0.4 is 0 Å². The first kappa shape index (κ1) is 5.69. The van der Waals surface area contributed by atoms with Gasteiger partial charge < -0.3 is 0 Å². The smallest absolute Gasteiger partial charge is 0.0912 e. The second-order valence-corrected chi connectivity index (χ2v) is 3.23. The molecule has 0 bridgehead atoms. The van der Waals surface area contributed by atoms with Gasteiger partial charge in [-0.2, -0.15) is 5.06 Å². The minimum absolute atomic E-state index is 0.314. The Labute approximate surface area is 55.7 Å². The zero-order valence-corrected chi connectivity index (χ0v) is 5.89. The highest BCUT2D eigenvalue weighted by atomic mass is 16.7. The molecule has 1 aliphatic heterocycles. The first-order valence-corrected chi connectivity index (χ1v) is 3.71. The van der Waals surface area contributed by atoms with E-state index in [0.717, 1.165) is 6.54 Å². The number of hydrogen-bond acceptors (Lipinski definition) is 2. The summed E-state index contributed by atoms with van der Waals surface area (Å²) >= 11 is 0. The highest BCUT2D eigenvalue weighted by molar-refractivity contribution is 4.92. The maximum absolute atomic E-state index is 5.62. The van der Waals surface area contributed by atoms with Gasteiger partial charge >= 0.3 is 0 Å². The lowest BCUT2D eigenvalue weighted by atomic mass is 9.78. The van der Waals surface area contributed by atoms with Gasteiger partial charge in [-0.15, -0.1) is 0 Å². The topological polar surface area (TPSA) is 12.5 Å². The molecule has 0 unspecified atom stereocenters. The second-order valence-electron chi connectivity index (χ2n) is 3.23. The van der Waals surface area contributed by atoms with Gasteiger partial charge in [0.2, 0.25) is 0 Å². The van der Waals surface area contributed by atoms with Crippen molar-refractivity contribution in [2.75, 3.05) is 13.6 Å². The monoisotopic (exact) mass is 127 g/mol. The summed E-state index contributed by atoms with van der Waals surface area (Å²) in [4.78, 5) is 5.62. The van der Waals surface area contributed by atoms with E-state index in [1.807, 2.05) is 12.1 Å². The third-order valence-electron chi connectivity index (χ3n) is 2.50. The largest absolute Gasteiger partial charge is 0.293 e. The van der Waals surface area contributed by atoms with Gasteiger partial charge in [-0.1, -0.05) is 0 Å². The minimum atomic E-state index is 0.314. The zero-order valence-electron chi connectivity index (χ0n) is 5.89. The van der Waals surface area contributed by atoms with Crippen LogP contribution in [-0.2, 0) is 4.84 Å². The van der Waals surface area contributed by atoms with Crippen molar-refractivity contribution in [3.63, 3.8) is 0 Å². The lowest BCUT2D eigenvalue weighted by Gasteiger charge is -2.36. The molecule has 0 atom stereocenters. The molecular formula is C7H13NO. The second kappa shape index (κ2) is 1.70. The minimum Gasteiger partial charge on any atom is -0.293 e. The van der Waals surface area contributed by atoms with Gasteiger partial charge in [0, 0.05) is 13.6 Å². The molecule has 1 saturated carbocycles. The van der Waals surface area contributed by atoms with Crippen molar-refractivity contribution in [2.24, 2.45) is 0 Å². The number of rotatable bonds is 0. The Morgan fingerprint density at radius 3 is 2.33 bits per heavy atom. The van der Waals surface area contributed by atoms with Crippen LogP contribution in [0.25, 0.3) is 0 Å². The number of nitrogens with zero attached hydrogens (tertiary/aromatic N) is 1. The van der Waals surface area contributed by atoms with Crippen molar-refractivity contribution in [3.8, 4) is 0 Å². The molecule has 2 heteroatoms. The quantitative estimate of drug-likeness (QED) is 0.484. The van der Waals surface area contributed by atoms with E-state index in [1.165, 1.54) is 25.7 Å². The van der Waals surface area contributed by atoms with Crippen molar-refractivity contribution in [1.82, 2.24) is 5.06 Å². The molecule has 1 saturated heterocycles. The predicted molar refractivity (Wildman–Crippen MR) is 34.9 cm³/mol. The summed E-state index contributed by atoms with van der Waals surface area (Å²) in [7, 11) is 2.02. The Morgan fingerprint density at radius 1 is 1.33 bits per heavy atom. The molecule has 0 N–H and O–H groups in total. The van der Waals surface area contributed by atoms with Gasteiger partial charge in [0.25, 0.3) is 0 Å². The fraction of sp³-hybridized carbons (Fsp3) is 1.00. The Bertz CT molecular complexity index is 120. The molecule has 1 spiro atoms. The van der Waals surface area contributed by atoms with Crippen LogP contribution in [0.2, 0.25) is 0 Å². The first-order chi connectivity index (χ1) is 4.31. The van der Waals surface area contributed by atoms with E-state index in [9.17, 15) is 0 Å². The van der Waals surface area contributed by atoms with Crippen molar-refractivity contribution in [1.29, 1.82) is 0 Å². The van der Waals surface area contributed by atoms with Crippen LogP contribution in [0.15, 0.2) is 0 Å². The molecule has 0 amide bonds.